The quantitative estimate of drug-likeness (QED) is 0.840. The first-order chi connectivity index (χ1) is 7.81. The van der Waals surface area contributed by atoms with E-state index >= 15 is 0 Å². The van der Waals surface area contributed by atoms with E-state index in [0.29, 0.717) is 5.92 Å². The van der Waals surface area contributed by atoms with Crippen molar-refractivity contribution in [2.45, 2.75) is 39.0 Å². The Morgan fingerprint density at radius 3 is 2.75 bits per heavy atom. The number of aryl methyl sites for hydroxylation is 1. The highest BCUT2D eigenvalue weighted by atomic mass is 32.1. The summed E-state index contributed by atoms with van der Waals surface area (Å²) >= 11 is 1.77. The maximum atomic E-state index is 9.50. The van der Waals surface area contributed by atoms with Gasteiger partial charge in [-0.25, -0.2) is 0 Å². The second-order valence-corrected chi connectivity index (χ2v) is 5.63. The number of aliphatic hydroxyl groups is 1. The van der Waals surface area contributed by atoms with Crippen molar-refractivity contribution in [3.05, 3.63) is 27.5 Å². The molecule has 1 aliphatic carbocycles. The van der Waals surface area contributed by atoms with Crippen LogP contribution >= 0.6 is 11.3 Å². The molecule has 0 radical (unpaired) electrons. The van der Waals surface area contributed by atoms with Gasteiger partial charge >= 0.3 is 0 Å². The first-order valence-corrected chi connectivity index (χ1v) is 7.04. The first kappa shape index (κ1) is 11.9. The van der Waals surface area contributed by atoms with Crippen molar-refractivity contribution in [3.63, 3.8) is 0 Å². The molecule has 2 rings (SSSR count). The predicted molar refractivity (Wildman–Crippen MR) is 70.7 cm³/mol. The summed E-state index contributed by atoms with van der Waals surface area (Å²) in [6, 6.07) is 2.15. The molecule has 0 bridgehead atoms. The smallest absolute Gasteiger partial charge is 0.0648 e. The zero-order chi connectivity index (χ0) is 11.4. The lowest BCUT2D eigenvalue weighted by Crippen LogP contribution is -2.11. The molecule has 1 heterocycles. The van der Waals surface area contributed by atoms with Gasteiger partial charge in [0.05, 0.1) is 6.61 Å². The minimum absolute atomic E-state index is 0.224. The van der Waals surface area contributed by atoms with E-state index in [1.807, 2.05) is 0 Å². The van der Waals surface area contributed by atoms with Crippen molar-refractivity contribution >= 4 is 17.4 Å². The van der Waals surface area contributed by atoms with Crippen LogP contribution in [0, 0.1) is 12.8 Å². The molecular weight excluding hydrogens is 216 g/mol. The lowest BCUT2D eigenvalue weighted by atomic mass is 9.83. The van der Waals surface area contributed by atoms with Crippen LogP contribution in [0.15, 0.2) is 17.0 Å². The highest BCUT2D eigenvalue weighted by molar-refractivity contribution is 7.11. The average molecular weight is 236 g/mol. The molecule has 0 amide bonds. The highest BCUT2D eigenvalue weighted by Gasteiger charge is 2.17. The molecule has 0 aliphatic heterocycles. The Morgan fingerprint density at radius 1 is 1.44 bits per heavy atom. The summed E-state index contributed by atoms with van der Waals surface area (Å²) in [5.41, 5.74) is 2.57. The Balaban J connectivity index is 2.14. The van der Waals surface area contributed by atoms with Crippen LogP contribution in [-0.4, -0.2) is 11.7 Å². The molecule has 0 spiro atoms. The van der Waals surface area contributed by atoms with Gasteiger partial charge in [0.25, 0.3) is 0 Å². The topological polar surface area (TPSA) is 20.2 Å². The normalized spacial score (nSPS) is 19.0. The van der Waals surface area contributed by atoms with Gasteiger partial charge < -0.3 is 5.11 Å². The summed E-state index contributed by atoms with van der Waals surface area (Å²) < 4.78 is 0. The zero-order valence-corrected chi connectivity index (χ0v) is 10.7. The minimum atomic E-state index is 0.224. The van der Waals surface area contributed by atoms with Crippen LogP contribution < -0.4 is 0 Å². The van der Waals surface area contributed by atoms with Gasteiger partial charge in [0.2, 0.25) is 0 Å². The second kappa shape index (κ2) is 5.65. The van der Waals surface area contributed by atoms with Crippen LogP contribution in [0.4, 0.5) is 0 Å². The zero-order valence-electron chi connectivity index (χ0n) is 9.91. The third-order valence-corrected chi connectivity index (χ3v) is 4.50. The Kier molecular flexibility index (Phi) is 4.19. The minimum Gasteiger partial charge on any atom is -0.392 e. The molecule has 1 fully saturated rings. The molecule has 0 unspecified atom stereocenters. The van der Waals surface area contributed by atoms with Gasteiger partial charge in [-0.05, 0) is 54.3 Å². The molecule has 16 heavy (non-hydrogen) atoms. The van der Waals surface area contributed by atoms with E-state index in [1.165, 1.54) is 48.1 Å². The Morgan fingerprint density at radius 2 is 2.19 bits per heavy atom. The summed E-state index contributed by atoms with van der Waals surface area (Å²) in [6.45, 7) is 2.36. The molecule has 1 aliphatic rings. The van der Waals surface area contributed by atoms with Crippen LogP contribution in [0.1, 0.15) is 42.5 Å². The number of thiophene rings is 1. The summed E-state index contributed by atoms with van der Waals surface area (Å²) in [7, 11) is 0. The lowest BCUT2D eigenvalue weighted by Gasteiger charge is -2.23. The Hall–Kier alpha value is -0.600. The largest absolute Gasteiger partial charge is 0.392 e. The van der Waals surface area contributed by atoms with E-state index in [1.54, 1.807) is 11.3 Å². The van der Waals surface area contributed by atoms with Crippen LogP contribution in [0.2, 0.25) is 0 Å². The van der Waals surface area contributed by atoms with Gasteiger partial charge in [-0.2, -0.15) is 0 Å². The number of rotatable bonds is 3. The summed E-state index contributed by atoms with van der Waals surface area (Å²) in [4.78, 5) is 1.31. The molecule has 1 saturated carbocycles. The lowest BCUT2D eigenvalue weighted by molar-refractivity contribution is 0.295. The number of hydrogen-bond acceptors (Lipinski definition) is 2. The SMILES string of the molecule is Cc1ccsc1C=C(CO)C1CCCCC1. The van der Waals surface area contributed by atoms with E-state index < -0.39 is 0 Å². The Bertz CT molecular complexity index is 359. The molecule has 1 aromatic heterocycles. The molecule has 0 saturated heterocycles. The van der Waals surface area contributed by atoms with Gasteiger partial charge in [0.15, 0.2) is 0 Å². The fourth-order valence-electron chi connectivity index (χ4n) is 2.47. The van der Waals surface area contributed by atoms with E-state index in [4.69, 9.17) is 0 Å². The first-order valence-electron chi connectivity index (χ1n) is 6.16. The molecular formula is C14H20OS. The third kappa shape index (κ3) is 2.74. The van der Waals surface area contributed by atoms with Gasteiger partial charge in [-0.1, -0.05) is 19.3 Å². The number of aliphatic hydroxyl groups excluding tert-OH is 1. The number of hydrogen-bond donors (Lipinski definition) is 1. The van der Waals surface area contributed by atoms with Gasteiger partial charge in [-0.15, -0.1) is 11.3 Å². The maximum Gasteiger partial charge on any atom is 0.0648 e. The van der Waals surface area contributed by atoms with E-state index in [-0.39, 0.29) is 6.61 Å². The Labute approximate surface area is 102 Å². The van der Waals surface area contributed by atoms with Crippen LogP contribution in [0.5, 0.6) is 0 Å². The molecule has 1 aromatic rings. The van der Waals surface area contributed by atoms with Crippen LogP contribution in [-0.2, 0) is 0 Å². The molecule has 1 nitrogen and oxygen atoms in total. The maximum absolute atomic E-state index is 9.50. The fourth-order valence-corrected chi connectivity index (χ4v) is 3.36. The van der Waals surface area contributed by atoms with Crippen molar-refractivity contribution < 1.29 is 5.11 Å². The van der Waals surface area contributed by atoms with Crippen molar-refractivity contribution in [1.29, 1.82) is 0 Å². The van der Waals surface area contributed by atoms with Gasteiger partial charge in [0, 0.05) is 4.88 Å². The van der Waals surface area contributed by atoms with Gasteiger partial charge in [-0.3, -0.25) is 0 Å². The second-order valence-electron chi connectivity index (χ2n) is 4.68. The molecule has 88 valence electrons. The third-order valence-electron chi connectivity index (χ3n) is 3.53. The van der Waals surface area contributed by atoms with E-state index in [2.05, 4.69) is 24.4 Å². The van der Waals surface area contributed by atoms with Crippen LogP contribution in [0.25, 0.3) is 6.08 Å². The van der Waals surface area contributed by atoms with E-state index in [0.717, 1.165) is 0 Å². The standard InChI is InChI=1S/C14H20OS/c1-11-7-8-16-14(11)9-13(10-15)12-5-3-2-4-6-12/h7-9,12,15H,2-6,10H2,1H3. The van der Waals surface area contributed by atoms with Crippen LogP contribution in [0.3, 0.4) is 0 Å². The monoisotopic (exact) mass is 236 g/mol. The highest BCUT2D eigenvalue weighted by Crippen LogP contribution is 2.31. The molecule has 1 N–H and O–H groups in total. The molecule has 2 heteroatoms. The van der Waals surface area contributed by atoms with Gasteiger partial charge in [0.1, 0.15) is 0 Å². The van der Waals surface area contributed by atoms with E-state index in [9.17, 15) is 5.11 Å². The fraction of sp³-hybridized carbons (Fsp3) is 0.571. The van der Waals surface area contributed by atoms with Crippen molar-refractivity contribution in [2.24, 2.45) is 5.92 Å². The summed E-state index contributed by atoms with van der Waals surface area (Å²) in [5, 5.41) is 11.6. The average Bonchev–Trinajstić information content (AvgIpc) is 2.73. The summed E-state index contributed by atoms with van der Waals surface area (Å²) in [6.07, 6.45) is 8.76. The predicted octanol–water partition coefficient (Wildman–Crippen LogP) is 4.01. The van der Waals surface area contributed by atoms with Crippen molar-refractivity contribution in [3.8, 4) is 0 Å². The molecule has 0 aromatic carbocycles. The van der Waals surface area contributed by atoms with Crippen molar-refractivity contribution in [2.75, 3.05) is 6.61 Å². The molecule has 0 atom stereocenters. The van der Waals surface area contributed by atoms with Crippen molar-refractivity contribution in [1.82, 2.24) is 0 Å². The summed E-state index contributed by atoms with van der Waals surface area (Å²) in [5.74, 6) is 0.625.